The summed E-state index contributed by atoms with van der Waals surface area (Å²) < 4.78 is 1.66. The first-order chi connectivity index (χ1) is 7.30. The second-order valence-corrected chi connectivity index (χ2v) is 5.07. The molecule has 1 N–H and O–H groups in total. The highest BCUT2D eigenvalue weighted by atomic mass is 16.1. The number of aromatic nitrogens is 4. The van der Waals surface area contributed by atoms with Gasteiger partial charge in [0.1, 0.15) is 11.2 Å². The molecule has 0 unspecified atom stereocenters. The fraction of sp³-hybridized carbons (Fsp3) is 0.545. The zero-order valence-corrected chi connectivity index (χ0v) is 10.2. The van der Waals surface area contributed by atoms with E-state index in [1.54, 1.807) is 11.6 Å². The number of nitrogens with one attached hydrogen (secondary N) is 1. The monoisotopic (exact) mass is 220 g/mol. The van der Waals surface area contributed by atoms with Crippen molar-refractivity contribution in [3.63, 3.8) is 0 Å². The van der Waals surface area contributed by atoms with Crippen LogP contribution in [0.1, 0.15) is 32.3 Å². The van der Waals surface area contributed by atoms with E-state index in [0.29, 0.717) is 16.9 Å². The van der Waals surface area contributed by atoms with Gasteiger partial charge in [0.2, 0.25) is 0 Å². The Morgan fingerprint density at radius 1 is 1.31 bits per heavy atom. The molecule has 0 saturated heterocycles. The van der Waals surface area contributed by atoms with Gasteiger partial charge < -0.3 is 4.98 Å². The van der Waals surface area contributed by atoms with E-state index >= 15 is 0 Å². The van der Waals surface area contributed by atoms with Crippen LogP contribution in [0.4, 0.5) is 0 Å². The van der Waals surface area contributed by atoms with Crippen molar-refractivity contribution in [3.8, 4) is 0 Å². The largest absolute Gasteiger partial charge is 0.310 e. The maximum atomic E-state index is 11.9. The van der Waals surface area contributed by atoms with Crippen molar-refractivity contribution in [3.05, 3.63) is 21.9 Å². The van der Waals surface area contributed by atoms with E-state index in [1.807, 2.05) is 27.8 Å². The van der Waals surface area contributed by atoms with Crippen LogP contribution in [-0.4, -0.2) is 19.7 Å². The first kappa shape index (κ1) is 10.9. The van der Waals surface area contributed by atoms with Gasteiger partial charge in [-0.15, -0.1) is 0 Å². The average molecular weight is 220 g/mol. The Morgan fingerprint density at radius 2 is 1.94 bits per heavy atom. The van der Waals surface area contributed by atoms with Gasteiger partial charge >= 0.3 is 0 Å². The molecule has 0 aromatic carbocycles. The third-order valence-corrected chi connectivity index (χ3v) is 2.52. The minimum absolute atomic E-state index is 0.111. The summed E-state index contributed by atoms with van der Waals surface area (Å²) >= 11 is 0. The molecule has 5 heteroatoms. The predicted octanol–water partition coefficient (Wildman–Crippen LogP) is 1.26. The Labute approximate surface area is 93.5 Å². The number of aryl methyl sites for hydroxylation is 2. The normalized spacial score (nSPS) is 12.3. The molecule has 16 heavy (non-hydrogen) atoms. The molecular formula is C11H16N4O. The van der Waals surface area contributed by atoms with Gasteiger partial charge in [-0.3, -0.25) is 4.79 Å². The number of rotatable bonds is 0. The maximum absolute atomic E-state index is 11.9. The Bertz CT molecular complexity index is 601. The number of H-pyrrole nitrogens is 1. The molecule has 2 aromatic heterocycles. The van der Waals surface area contributed by atoms with Crippen LogP contribution in [0.15, 0.2) is 4.79 Å². The van der Waals surface area contributed by atoms with Gasteiger partial charge in [0.05, 0.1) is 5.69 Å². The smallest absolute Gasteiger partial charge is 0.262 e. The summed E-state index contributed by atoms with van der Waals surface area (Å²) in [5, 5.41) is 4.99. The van der Waals surface area contributed by atoms with Gasteiger partial charge in [-0.1, -0.05) is 20.8 Å². The van der Waals surface area contributed by atoms with Crippen LogP contribution in [0.25, 0.3) is 11.0 Å². The second-order valence-electron chi connectivity index (χ2n) is 5.07. The van der Waals surface area contributed by atoms with Crippen molar-refractivity contribution in [2.24, 2.45) is 7.05 Å². The lowest BCUT2D eigenvalue weighted by Crippen LogP contribution is -2.17. The fourth-order valence-corrected chi connectivity index (χ4v) is 1.79. The van der Waals surface area contributed by atoms with Crippen LogP contribution in [0.3, 0.4) is 0 Å². The molecule has 86 valence electrons. The van der Waals surface area contributed by atoms with Crippen molar-refractivity contribution < 1.29 is 0 Å². The first-order valence-corrected chi connectivity index (χ1v) is 5.25. The van der Waals surface area contributed by atoms with Crippen molar-refractivity contribution in [2.45, 2.75) is 33.1 Å². The number of fused-ring (bicyclic) bond motifs is 1. The lowest BCUT2D eigenvalue weighted by atomic mass is 9.91. The lowest BCUT2D eigenvalue weighted by molar-refractivity contribution is 0.557. The molecule has 0 saturated carbocycles. The van der Waals surface area contributed by atoms with Crippen molar-refractivity contribution in [1.29, 1.82) is 0 Å². The zero-order valence-electron chi connectivity index (χ0n) is 10.2. The predicted molar refractivity (Wildman–Crippen MR) is 62.6 cm³/mol. The number of nitrogens with zero attached hydrogens (tertiary/aromatic N) is 3. The van der Waals surface area contributed by atoms with E-state index in [-0.39, 0.29) is 11.0 Å². The van der Waals surface area contributed by atoms with Crippen LogP contribution in [0.2, 0.25) is 0 Å². The summed E-state index contributed by atoms with van der Waals surface area (Å²) in [4.78, 5) is 19.0. The third kappa shape index (κ3) is 1.52. The van der Waals surface area contributed by atoms with Crippen LogP contribution in [0.5, 0.6) is 0 Å². The van der Waals surface area contributed by atoms with E-state index in [2.05, 4.69) is 15.1 Å². The average Bonchev–Trinajstić information content (AvgIpc) is 2.43. The molecule has 2 heterocycles. The Kier molecular flexibility index (Phi) is 2.15. The van der Waals surface area contributed by atoms with Gasteiger partial charge in [-0.25, -0.2) is 9.67 Å². The van der Waals surface area contributed by atoms with E-state index in [9.17, 15) is 4.79 Å². The molecular weight excluding hydrogens is 204 g/mol. The summed E-state index contributed by atoms with van der Waals surface area (Å²) in [5.41, 5.74) is 1.16. The lowest BCUT2D eigenvalue weighted by Gasteiger charge is -2.14. The standard InChI is InChI=1S/C11H16N4O/c1-6-12-9-7(10(16)13-6)8(11(2,3)4)14-15(9)5/h1-5H3,(H,12,13,16). The molecule has 0 fully saturated rings. The van der Waals surface area contributed by atoms with Crippen LogP contribution >= 0.6 is 0 Å². The molecule has 0 spiro atoms. The van der Waals surface area contributed by atoms with E-state index in [0.717, 1.165) is 5.69 Å². The van der Waals surface area contributed by atoms with Crippen molar-refractivity contribution in [2.75, 3.05) is 0 Å². The molecule has 0 bridgehead atoms. The zero-order chi connectivity index (χ0) is 12.1. The molecule has 0 aliphatic carbocycles. The third-order valence-electron chi connectivity index (χ3n) is 2.52. The topological polar surface area (TPSA) is 63.6 Å². The van der Waals surface area contributed by atoms with Crippen molar-refractivity contribution >= 4 is 11.0 Å². The van der Waals surface area contributed by atoms with Crippen LogP contribution in [0, 0.1) is 6.92 Å². The Hall–Kier alpha value is -1.65. The van der Waals surface area contributed by atoms with Gasteiger partial charge in [0.15, 0.2) is 5.65 Å². The maximum Gasteiger partial charge on any atom is 0.262 e. The summed E-state index contributed by atoms with van der Waals surface area (Å²) in [6, 6.07) is 0. The van der Waals surface area contributed by atoms with E-state index in [1.165, 1.54) is 0 Å². The minimum Gasteiger partial charge on any atom is -0.310 e. The second kappa shape index (κ2) is 3.17. The molecule has 2 rings (SSSR count). The Balaban J connectivity index is 2.95. The summed E-state index contributed by atoms with van der Waals surface area (Å²) in [7, 11) is 1.81. The highest BCUT2D eigenvalue weighted by molar-refractivity contribution is 5.78. The first-order valence-electron chi connectivity index (χ1n) is 5.25. The molecule has 0 radical (unpaired) electrons. The van der Waals surface area contributed by atoms with Gasteiger partial charge in [0.25, 0.3) is 5.56 Å². The van der Waals surface area contributed by atoms with Gasteiger partial charge in [-0.2, -0.15) is 5.10 Å². The summed E-state index contributed by atoms with van der Waals surface area (Å²) in [6.07, 6.45) is 0. The fourth-order valence-electron chi connectivity index (χ4n) is 1.79. The van der Waals surface area contributed by atoms with Gasteiger partial charge in [-0.05, 0) is 6.92 Å². The Morgan fingerprint density at radius 3 is 2.50 bits per heavy atom. The number of aromatic amines is 1. The SMILES string of the molecule is Cc1nc2c(c(C(C)(C)C)nn2C)c(=O)[nH]1. The molecule has 0 aliphatic heterocycles. The number of hydrogen-bond donors (Lipinski definition) is 1. The van der Waals surface area contributed by atoms with E-state index < -0.39 is 0 Å². The summed E-state index contributed by atoms with van der Waals surface area (Å²) in [5.74, 6) is 0.612. The van der Waals surface area contributed by atoms with E-state index in [4.69, 9.17) is 0 Å². The van der Waals surface area contributed by atoms with Crippen LogP contribution in [-0.2, 0) is 12.5 Å². The van der Waals surface area contributed by atoms with Crippen LogP contribution < -0.4 is 5.56 Å². The highest BCUT2D eigenvalue weighted by Crippen LogP contribution is 2.25. The summed E-state index contributed by atoms with van der Waals surface area (Å²) in [6.45, 7) is 7.88. The number of hydrogen-bond acceptors (Lipinski definition) is 3. The molecule has 0 aliphatic rings. The molecule has 2 aromatic rings. The molecule has 0 amide bonds. The minimum atomic E-state index is -0.163. The molecule has 5 nitrogen and oxygen atoms in total. The van der Waals surface area contributed by atoms with Gasteiger partial charge in [0, 0.05) is 12.5 Å². The molecule has 0 atom stereocenters. The highest BCUT2D eigenvalue weighted by Gasteiger charge is 2.24. The quantitative estimate of drug-likeness (QED) is 0.727. The van der Waals surface area contributed by atoms with Crippen molar-refractivity contribution in [1.82, 2.24) is 19.7 Å².